The number of nitrogens with zero attached hydrogens (tertiary/aromatic N) is 1. The van der Waals surface area contributed by atoms with Crippen molar-refractivity contribution >= 4 is 16.9 Å². The van der Waals surface area contributed by atoms with Gasteiger partial charge in [0.05, 0.1) is 18.2 Å². The summed E-state index contributed by atoms with van der Waals surface area (Å²) in [5.41, 5.74) is -0.613. The van der Waals surface area contributed by atoms with Gasteiger partial charge in [0, 0.05) is 6.20 Å². The van der Waals surface area contributed by atoms with E-state index in [9.17, 15) is 19.8 Å². The van der Waals surface area contributed by atoms with Crippen molar-refractivity contribution in [2.75, 3.05) is 6.61 Å². The summed E-state index contributed by atoms with van der Waals surface area (Å²) in [5, 5.41) is 21.9. The van der Waals surface area contributed by atoms with Gasteiger partial charge in [0.2, 0.25) is 0 Å². The van der Waals surface area contributed by atoms with E-state index < -0.39 is 28.8 Å². The molecular weight excluding hydrogens is 274 g/mol. The molecule has 2 heterocycles. The first-order valence-corrected chi connectivity index (χ1v) is 6.57. The van der Waals surface area contributed by atoms with Crippen molar-refractivity contribution in [3.8, 4) is 5.75 Å². The summed E-state index contributed by atoms with van der Waals surface area (Å²) in [4.78, 5) is 30.6. The molecule has 0 bridgehead atoms. The molecule has 1 amide bonds. The highest BCUT2D eigenvalue weighted by atomic mass is 16.3. The molecule has 0 saturated heterocycles. The van der Waals surface area contributed by atoms with Crippen LogP contribution in [0.1, 0.15) is 24.2 Å². The molecule has 1 atom stereocenters. The van der Waals surface area contributed by atoms with Crippen LogP contribution >= 0.6 is 0 Å². The van der Waals surface area contributed by atoms with Gasteiger partial charge in [0.25, 0.3) is 11.5 Å². The molecule has 2 rings (SSSR count). The van der Waals surface area contributed by atoms with Gasteiger partial charge in [-0.2, -0.15) is 0 Å². The van der Waals surface area contributed by atoms with Gasteiger partial charge in [-0.25, -0.2) is 0 Å². The van der Waals surface area contributed by atoms with E-state index >= 15 is 0 Å². The van der Waals surface area contributed by atoms with Crippen LogP contribution in [-0.2, 0) is 0 Å². The van der Waals surface area contributed by atoms with Crippen LogP contribution in [-0.4, -0.2) is 38.7 Å². The van der Waals surface area contributed by atoms with Crippen molar-refractivity contribution in [1.29, 1.82) is 0 Å². The molecule has 2 aromatic rings. The number of pyridine rings is 2. The lowest BCUT2D eigenvalue weighted by molar-refractivity contribution is 0.0892. The minimum atomic E-state index is -0.742. The lowest BCUT2D eigenvalue weighted by Gasteiger charge is -2.19. The zero-order chi connectivity index (χ0) is 15.6. The van der Waals surface area contributed by atoms with Crippen molar-refractivity contribution in [3.05, 3.63) is 34.2 Å². The third-order valence-corrected chi connectivity index (χ3v) is 3.29. The third kappa shape index (κ3) is 2.87. The van der Waals surface area contributed by atoms with Crippen LogP contribution in [0.2, 0.25) is 0 Å². The topological polar surface area (TPSA) is 115 Å². The number of aromatic nitrogens is 2. The summed E-state index contributed by atoms with van der Waals surface area (Å²) in [6.45, 7) is 3.40. The van der Waals surface area contributed by atoms with E-state index in [0.717, 1.165) is 0 Å². The summed E-state index contributed by atoms with van der Waals surface area (Å²) >= 11 is 0. The van der Waals surface area contributed by atoms with Crippen molar-refractivity contribution in [2.45, 2.75) is 19.9 Å². The second kappa shape index (κ2) is 5.92. The minimum Gasteiger partial charge on any atom is -0.505 e. The van der Waals surface area contributed by atoms with Crippen molar-refractivity contribution in [3.63, 3.8) is 0 Å². The number of aliphatic hydroxyl groups excluding tert-OH is 1. The number of hydrogen-bond donors (Lipinski definition) is 4. The fraction of sp³-hybridized carbons (Fsp3) is 0.357. The van der Waals surface area contributed by atoms with Crippen molar-refractivity contribution in [2.24, 2.45) is 5.92 Å². The number of fused-ring (bicyclic) bond motifs is 1. The molecule has 2 aromatic heterocycles. The molecule has 112 valence electrons. The van der Waals surface area contributed by atoms with Gasteiger partial charge < -0.3 is 20.5 Å². The quantitative estimate of drug-likeness (QED) is 0.650. The molecule has 0 radical (unpaired) electrons. The fourth-order valence-electron chi connectivity index (χ4n) is 1.98. The SMILES string of the molecule is CC(C)C(CO)NC(=O)c1c(O)c2ncccc2[nH]c1=O. The number of aromatic amines is 1. The molecule has 1 unspecified atom stereocenters. The molecule has 0 spiro atoms. The van der Waals surface area contributed by atoms with Gasteiger partial charge in [0.1, 0.15) is 11.1 Å². The van der Waals surface area contributed by atoms with E-state index in [0.29, 0.717) is 5.52 Å². The van der Waals surface area contributed by atoms with Gasteiger partial charge in [-0.15, -0.1) is 0 Å². The predicted octanol–water partition coefficient (Wildman–Crippen LogP) is 0.375. The Labute approximate surface area is 120 Å². The maximum Gasteiger partial charge on any atom is 0.265 e. The second-order valence-electron chi connectivity index (χ2n) is 5.08. The lowest BCUT2D eigenvalue weighted by Crippen LogP contribution is -2.42. The number of H-pyrrole nitrogens is 1. The molecule has 0 aliphatic carbocycles. The summed E-state index contributed by atoms with van der Waals surface area (Å²) in [5.74, 6) is -1.22. The third-order valence-electron chi connectivity index (χ3n) is 3.29. The average molecular weight is 291 g/mol. The minimum absolute atomic E-state index is 0.0150. The summed E-state index contributed by atoms with van der Waals surface area (Å²) in [6.07, 6.45) is 1.45. The maximum absolute atomic E-state index is 12.2. The number of aromatic hydroxyl groups is 1. The Kier molecular flexibility index (Phi) is 4.23. The number of hydrogen-bond acceptors (Lipinski definition) is 5. The Morgan fingerprint density at radius 1 is 1.48 bits per heavy atom. The summed E-state index contributed by atoms with van der Waals surface area (Å²) < 4.78 is 0. The monoisotopic (exact) mass is 291 g/mol. The zero-order valence-electron chi connectivity index (χ0n) is 11.8. The zero-order valence-corrected chi connectivity index (χ0v) is 11.8. The number of amides is 1. The van der Waals surface area contributed by atoms with Crippen LogP contribution in [0.5, 0.6) is 5.75 Å². The number of nitrogens with one attached hydrogen (secondary N) is 2. The molecule has 0 aliphatic rings. The molecule has 0 fully saturated rings. The van der Waals surface area contributed by atoms with E-state index in [2.05, 4.69) is 15.3 Å². The Bertz CT molecular complexity index is 724. The first kappa shape index (κ1) is 15.0. The Morgan fingerprint density at radius 3 is 2.81 bits per heavy atom. The molecule has 0 saturated carbocycles. The smallest absolute Gasteiger partial charge is 0.265 e. The predicted molar refractivity (Wildman–Crippen MR) is 77.2 cm³/mol. The molecule has 7 heteroatoms. The van der Waals surface area contributed by atoms with E-state index in [4.69, 9.17) is 0 Å². The summed E-state index contributed by atoms with van der Waals surface area (Å²) in [6, 6.07) is 2.68. The van der Waals surface area contributed by atoms with Gasteiger partial charge in [-0.1, -0.05) is 13.8 Å². The average Bonchev–Trinajstić information content (AvgIpc) is 2.44. The highest BCUT2D eigenvalue weighted by Gasteiger charge is 2.23. The number of aliphatic hydroxyl groups is 1. The number of rotatable bonds is 4. The van der Waals surface area contributed by atoms with Crippen LogP contribution in [0.3, 0.4) is 0 Å². The molecule has 4 N–H and O–H groups in total. The van der Waals surface area contributed by atoms with Crippen LogP contribution in [0.4, 0.5) is 0 Å². The van der Waals surface area contributed by atoms with Gasteiger partial charge in [-0.3, -0.25) is 14.6 Å². The van der Waals surface area contributed by atoms with Crippen LogP contribution in [0, 0.1) is 5.92 Å². The number of carbonyl (C=O) groups is 1. The van der Waals surface area contributed by atoms with Crippen LogP contribution in [0.15, 0.2) is 23.1 Å². The largest absolute Gasteiger partial charge is 0.505 e. The number of carbonyl (C=O) groups excluding carboxylic acids is 1. The molecule has 7 nitrogen and oxygen atoms in total. The van der Waals surface area contributed by atoms with Gasteiger partial charge in [-0.05, 0) is 18.1 Å². The van der Waals surface area contributed by atoms with Gasteiger partial charge in [0.15, 0.2) is 5.75 Å². The van der Waals surface area contributed by atoms with Crippen LogP contribution in [0.25, 0.3) is 11.0 Å². The van der Waals surface area contributed by atoms with Crippen molar-refractivity contribution in [1.82, 2.24) is 15.3 Å². The molecular formula is C14H17N3O4. The standard InChI is InChI=1S/C14H17N3O4/c1-7(2)9(6-18)17-14(21)10-12(19)11-8(16-13(10)20)4-3-5-15-11/h3-5,7,9,18H,6H2,1-2H3,(H,17,21)(H2,16,19,20). The Hall–Kier alpha value is -2.41. The Balaban J connectivity index is 2.46. The highest BCUT2D eigenvalue weighted by molar-refractivity contribution is 6.01. The lowest BCUT2D eigenvalue weighted by atomic mass is 10.0. The first-order valence-electron chi connectivity index (χ1n) is 6.57. The maximum atomic E-state index is 12.2. The second-order valence-corrected chi connectivity index (χ2v) is 5.08. The Morgan fingerprint density at radius 2 is 2.19 bits per heavy atom. The normalized spacial score (nSPS) is 12.6. The first-order chi connectivity index (χ1) is 9.95. The summed E-state index contributed by atoms with van der Waals surface area (Å²) in [7, 11) is 0. The van der Waals surface area contributed by atoms with E-state index in [1.165, 1.54) is 6.20 Å². The van der Waals surface area contributed by atoms with Gasteiger partial charge >= 0.3 is 0 Å². The van der Waals surface area contributed by atoms with E-state index in [1.807, 2.05) is 13.8 Å². The molecule has 21 heavy (non-hydrogen) atoms. The highest BCUT2D eigenvalue weighted by Crippen LogP contribution is 2.22. The molecule has 0 aliphatic heterocycles. The van der Waals surface area contributed by atoms with E-state index in [1.54, 1.807) is 12.1 Å². The van der Waals surface area contributed by atoms with Crippen molar-refractivity contribution < 1.29 is 15.0 Å². The fourth-order valence-corrected chi connectivity index (χ4v) is 1.98. The molecule has 0 aromatic carbocycles. The van der Waals surface area contributed by atoms with E-state index in [-0.39, 0.29) is 18.0 Å². The van der Waals surface area contributed by atoms with Crippen LogP contribution < -0.4 is 10.9 Å².